The fraction of sp³-hybridized carbons (Fsp3) is 0.333. The molecule has 0 heterocycles. The maximum Gasteiger partial charge on any atom is 0.393 e. The van der Waals surface area contributed by atoms with E-state index in [1.54, 1.807) is 12.1 Å². The minimum absolute atomic E-state index is 0.550. The first-order chi connectivity index (χ1) is 6.64. The summed E-state index contributed by atoms with van der Waals surface area (Å²) in [5, 5.41) is 0. The van der Waals surface area contributed by atoms with Crippen molar-refractivity contribution in [2.45, 2.75) is 13.3 Å². The van der Waals surface area contributed by atoms with E-state index >= 15 is 0 Å². The van der Waals surface area contributed by atoms with Crippen LogP contribution >= 0.6 is 28.5 Å². The third kappa shape index (κ3) is 4.41. The van der Waals surface area contributed by atoms with Gasteiger partial charge in [0.1, 0.15) is 5.75 Å². The van der Waals surface area contributed by atoms with Gasteiger partial charge in [0.15, 0.2) is 0 Å². The molecule has 0 amide bonds. The maximum atomic E-state index is 11.6. The standard InChI is InChI=1S/C9H12ClO2PS/c1-2-8-14-13(10,11)12-9-6-4-3-5-7-9/h3-7H,2,8H2,1H3. The van der Waals surface area contributed by atoms with Gasteiger partial charge in [-0.2, -0.15) is 0 Å². The average molecular weight is 251 g/mol. The fourth-order valence-corrected chi connectivity index (χ4v) is 4.14. The molecule has 1 aromatic carbocycles. The SMILES string of the molecule is CCCSP(=O)(Cl)Oc1ccccc1. The summed E-state index contributed by atoms with van der Waals surface area (Å²) in [5.74, 6) is -1.75. The summed E-state index contributed by atoms with van der Waals surface area (Å²) in [6, 6.07) is 8.97. The summed E-state index contributed by atoms with van der Waals surface area (Å²) in [4.78, 5) is 0. The van der Waals surface area contributed by atoms with E-state index in [0.29, 0.717) is 5.75 Å². The first-order valence-corrected chi connectivity index (χ1v) is 8.45. The van der Waals surface area contributed by atoms with Gasteiger partial charge in [0.05, 0.1) is 0 Å². The van der Waals surface area contributed by atoms with Gasteiger partial charge < -0.3 is 4.52 Å². The van der Waals surface area contributed by atoms with Crippen LogP contribution in [0.4, 0.5) is 0 Å². The smallest absolute Gasteiger partial charge is 0.393 e. The Morgan fingerprint density at radius 2 is 2.07 bits per heavy atom. The van der Waals surface area contributed by atoms with Gasteiger partial charge in [0.2, 0.25) is 0 Å². The van der Waals surface area contributed by atoms with Gasteiger partial charge >= 0.3 is 5.92 Å². The van der Waals surface area contributed by atoms with Crippen molar-refractivity contribution in [3.05, 3.63) is 30.3 Å². The predicted molar refractivity (Wildman–Crippen MR) is 63.3 cm³/mol. The average Bonchev–Trinajstić information content (AvgIpc) is 2.16. The first kappa shape index (κ1) is 12.0. The van der Waals surface area contributed by atoms with E-state index in [-0.39, 0.29) is 0 Å². The zero-order valence-corrected chi connectivity index (χ0v) is 10.3. The van der Waals surface area contributed by atoms with Gasteiger partial charge in [-0.15, -0.1) is 0 Å². The van der Waals surface area contributed by atoms with Crippen molar-refractivity contribution in [2.75, 3.05) is 5.75 Å². The molecule has 14 heavy (non-hydrogen) atoms. The first-order valence-electron chi connectivity index (χ1n) is 4.33. The van der Waals surface area contributed by atoms with Crippen molar-refractivity contribution in [1.29, 1.82) is 0 Å². The van der Waals surface area contributed by atoms with Gasteiger partial charge in [-0.25, -0.2) is 4.57 Å². The molecule has 78 valence electrons. The topological polar surface area (TPSA) is 26.3 Å². The van der Waals surface area contributed by atoms with Crippen molar-refractivity contribution in [3.63, 3.8) is 0 Å². The largest absolute Gasteiger partial charge is 0.426 e. The highest BCUT2D eigenvalue weighted by Gasteiger charge is 2.20. The Kier molecular flexibility index (Phi) is 4.86. The fourth-order valence-electron chi connectivity index (χ4n) is 0.834. The lowest BCUT2D eigenvalue weighted by Gasteiger charge is -2.10. The van der Waals surface area contributed by atoms with E-state index in [0.717, 1.165) is 12.2 Å². The van der Waals surface area contributed by atoms with Gasteiger partial charge in [-0.3, -0.25) is 0 Å². The van der Waals surface area contributed by atoms with Crippen LogP contribution in [0.25, 0.3) is 0 Å². The van der Waals surface area contributed by atoms with E-state index in [1.165, 1.54) is 11.4 Å². The van der Waals surface area contributed by atoms with E-state index in [4.69, 9.17) is 15.8 Å². The monoisotopic (exact) mass is 250 g/mol. The molecule has 1 unspecified atom stereocenters. The second kappa shape index (κ2) is 5.69. The number of benzene rings is 1. The molecule has 0 aliphatic rings. The van der Waals surface area contributed by atoms with Crippen molar-refractivity contribution >= 4 is 28.5 Å². The number of hydrogen-bond donors (Lipinski definition) is 0. The third-order valence-corrected chi connectivity index (χ3v) is 5.52. The van der Waals surface area contributed by atoms with Crippen LogP contribution in [0, 0.1) is 0 Å². The van der Waals surface area contributed by atoms with Gasteiger partial charge in [-0.05, 0) is 41.2 Å². The Hall–Kier alpha value is -0.110. The summed E-state index contributed by atoms with van der Waals surface area (Å²) in [6.07, 6.45) is 0.930. The highest BCUT2D eigenvalue weighted by molar-refractivity contribution is 8.63. The Bertz CT molecular complexity index is 318. The van der Waals surface area contributed by atoms with E-state index < -0.39 is 5.92 Å². The second-order valence-corrected chi connectivity index (χ2v) is 8.53. The molecule has 0 saturated heterocycles. The molecule has 1 aromatic rings. The molecule has 0 radical (unpaired) electrons. The quantitative estimate of drug-likeness (QED) is 0.717. The van der Waals surface area contributed by atoms with E-state index in [9.17, 15) is 4.57 Å². The zero-order valence-electron chi connectivity index (χ0n) is 7.85. The normalized spacial score (nSPS) is 14.7. The summed E-state index contributed by atoms with van der Waals surface area (Å²) in [6.45, 7) is 2.01. The van der Waals surface area contributed by atoms with Crippen LogP contribution in [-0.2, 0) is 4.57 Å². The van der Waals surface area contributed by atoms with Crippen molar-refractivity contribution in [3.8, 4) is 5.75 Å². The van der Waals surface area contributed by atoms with Crippen molar-refractivity contribution in [1.82, 2.24) is 0 Å². The molecule has 0 fully saturated rings. The molecule has 0 spiro atoms. The van der Waals surface area contributed by atoms with Crippen LogP contribution < -0.4 is 4.52 Å². The molecular weight excluding hydrogens is 239 g/mol. The van der Waals surface area contributed by atoms with Crippen LogP contribution in [0.1, 0.15) is 13.3 Å². The van der Waals surface area contributed by atoms with Crippen LogP contribution in [-0.4, -0.2) is 5.75 Å². The summed E-state index contributed by atoms with van der Waals surface area (Å²) < 4.78 is 16.8. The van der Waals surface area contributed by atoms with Crippen molar-refractivity contribution < 1.29 is 9.09 Å². The van der Waals surface area contributed by atoms with E-state index in [1.807, 2.05) is 25.1 Å². The summed E-state index contributed by atoms with van der Waals surface area (Å²) >= 11 is 6.92. The number of para-hydroxylation sites is 1. The van der Waals surface area contributed by atoms with E-state index in [2.05, 4.69) is 0 Å². The molecule has 5 heteroatoms. The zero-order chi connectivity index (χ0) is 10.4. The molecular formula is C9H12ClO2PS. The highest BCUT2D eigenvalue weighted by atomic mass is 35.7. The number of hydrogen-bond acceptors (Lipinski definition) is 3. The second-order valence-electron chi connectivity index (χ2n) is 2.67. The predicted octanol–water partition coefficient (Wildman–Crippen LogP) is 4.56. The van der Waals surface area contributed by atoms with Gasteiger partial charge in [-0.1, -0.05) is 25.1 Å². The molecule has 1 rings (SSSR count). The lowest BCUT2D eigenvalue weighted by molar-refractivity contribution is 0.514. The Balaban J connectivity index is 2.55. The lowest BCUT2D eigenvalue weighted by Crippen LogP contribution is -1.84. The molecule has 1 atom stereocenters. The van der Waals surface area contributed by atoms with Gasteiger partial charge in [0.25, 0.3) is 0 Å². The lowest BCUT2D eigenvalue weighted by atomic mass is 10.3. The Labute approximate surface area is 93.0 Å². The van der Waals surface area contributed by atoms with Crippen LogP contribution in [0.3, 0.4) is 0 Å². The highest BCUT2D eigenvalue weighted by Crippen LogP contribution is 2.63. The molecule has 0 aliphatic carbocycles. The van der Waals surface area contributed by atoms with Crippen LogP contribution in [0.2, 0.25) is 0 Å². The maximum absolute atomic E-state index is 11.6. The molecule has 0 bridgehead atoms. The molecule has 0 saturated carbocycles. The Morgan fingerprint density at radius 3 is 2.64 bits per heavy atom. The van der Waals surface area contributed by atoms with Crippen molar-refractivity contribution in [2.24, 2.45) is 0 Å². The summed E-state index contributed by atoms with van der Waals surface area (Å²) in [5.41, 5.74) is 0. The molecule has 0 aromatic heterocycles. The molecule has 0 aliphatic heterocycles. The van der Waals surface area contributed by atoms with Gasteiger partial charge in [0, 0.05) is 5.75 Å². The summed E-state index contributed by atoms with van der Waals surface area (Å²) in [7, 11) is 0. The number of rotatable bonds is 5. The van der Waals surface area contributed by atoms with Crippen LogP contribution in [0.5, 0.6) is 5.75 Å². The Morgan fingerprint density at radius 1 is 1.43 bits per heavy atom. The minimum Gasteiger partial charge on any atom is -0.426 e. The molecule has 2 nitrogen and oxygen atoms in total. The minimum atomic E-state index is -3.04. The number of halogens is 1. The third-order valence-electron chi connectivity index (χ3n) is 1.41. The molecule has 0 N–H and O–H groups in total. The van der Waals surface area contributed by atoms with Crippen LogP contribution in [0.15, 0.2) is 30.3 Å².